The minimum Gasteiger partial charge on any atom is -0.356 e. The number of nitrogens with one attached hydrogen (secondary N) is 1. The number of carbonyl (C=O) groups is 1. The smallest absolute Gasteiger partial charge is 0.277 e. The number of rotatable bonds is 7. The molecule has 1 atom stereocenters. The van der Waals surface area contributed by atoms with Gasteiger partial charge in [0, 0.05) is 19.6 Å². The van der Waals surface area contributed by atoms with Crippen molar-refractivity contribution in [2.75, 3.05) is 24.5 Å². The van der Waals surface area contributed by atoms with Crippen molar-refractivity contribution in [3.05, 3.63) is 87.8 Å². The first-order chi connectivity index (χ1) is 17.1. The van der Waals surface area contributed by atoms with E-state index in [9.17, 15) is 14.0 Å². The lowest BCUT2D eigenvalue weighted by Crippen LogP contribution is -2.45. The summed E-state index contributed by atoms with van der Waals surface area (Å²) < 4.78 is 15.7. The zero-order valence-electron chi connectivity index (χ0n) is 19.3. The van der Waals surface area contributed by atoms with E-state index in [-0.39, 0.29) is 23.2 Å². The van der Waals surface area contributed by atoms with E-state index in [1.165, 1.54) is 29.0 Å². The Hall–Kier alpha value is -3.52. The number of anilines is 1. The van der Waals surface area contributed by atoms with E-state index in [4.69, 9.17) is 4.98 Å². The minimum absolute atomic E-state index is 0.0371. The number of aryl methyl sites for hydroxylation is 1. The molecule has 1 N–H and O–H groups in total. The van der Waals surface area contributed by atoms with Gasteiger partial charge in [-0.05, 0) is 67.0 Å². The molecule has 0 saturated carbocycles. The zero-order valence-corrected chi connectivity index (χ0v) is 20.1. The van der Waals surface area contributed by atoms with E-state index < -0.39 is 0 Å². The van der Waals surface area contributed by atoms with Crippen molar-refractivity contribution in [1.82, 2.24) is 14.9 Å². The molecule has 1 unspecified atom stereocenters. The topological polar surface area (TPSA) is 67.2 Å². The molecule has 0 spiro atoms. The molecule has 1 fully saturated rings. The summed E-state index contributed by atoms with van der Waals surface area (Å²) in [6, 6.07) is 17.9. The number of aromatic nitrogens is 2. The highest BCUT2D eigenvalue weighted by molar-refractivity contribution is 7.17. The van der Waals surface area contributed by atoms with E-state index >= 15 is 0 Å². The second-order valence-electron chi connectivity index (χ2n) is 8.83. The van der Waals surface area contributed by atoms with Crippen LogP contribution in [0.3, 0.4) is 0 Å². The summed E-state index contributed by atoms with van der Waals surface area (Å²) in [4.78, 5) is 33.1. The van der Waals surface area contributed by atoms with Crippen molar-refractivity contribution in [2.45, 2.75) is 25.7 Å². The number of carbonyl (C=O) groups excluding carboxylic acids is 1. The Morgan fingerprint density at radius 2 is 1.91 bits per heavy atom. The summed E-state index contributed by atoms with van der Waals surface area (Å²) in [6.07, 6.45) is 3.42. The molecule has 1 aliphatic rings. The lowest BCUT2D eigenvalue weighted by Gasteiger charge is -2.34. The maximum atomic E-state index is 13.6. The van der Waals surface area contributed by atoms with Gasteiger partial charge in [0.05, 0.1) is 17.1 Å². The van der Waals surface area contributed by atoms with Crippen LogP contribution in [0.1, 0.15) is 24.8 Å². The molecule has 5 rings (SSSR count). The van der Waals surface area contributed by atoms with Crippen LogP contribution >= 0.6 is 11.3 Å². The number of hydrogen-bond acceptors (Lipinski definition) is 5. The minimum atomic E-state index is -0.365. The SMILES string of the molecule is O=C(NCCCc1ccccc1)C1CCCN(c2nc3ccsc3c(=O)n2-c2ccc(F)cc2)C1. The van der Waals surface area contributed by atoms with Crippen molar-refractivity contribution in [3.8, 4) is 5.69 Å². The summed E-state index contributed by atoms with van der Waals surface area (Å²) in [5.41, 5.74) is 2.28. The van der Waals surface area contributed by atoms with Gasteiger partial charge in [0.2, 0.25) is 11.9 Å². The Bertz CT molecular complexity index is 1370. The lowest BCUT2D eigenvalue weighted by molar-refractivity contribution is -0.125. The molecule has 2 aromatic heterocycles. The molecule has 8 heteroatoms. The Balaban J connectivity index is 1.33. The molecule has 35 heavy (non-hydrogen) atoms. The highest BCUT2D eigenvalue weighted by atomic mass is 32.1. The van der Waals surface area contributed by atoms with Crippen LogP contribution in [0.15, 0.2) is 70.8 Å². The number of benzene rings is 2. The fourth-order valence-corrected chi connectivity index (χ4v) is 5.36. The second kappa shape index (κ2) is 10.4. The van der Waals surface area contributed by atoms with E-state index in [1.807, 2.05) is 34.5 Å². The van der Waals surface area contributed by atoms with Crippen LogP contribution in [-0.4, -0.2) is 35.1 Å². The second-order valence-corrected chi connectivity index (χ2v) is 9.75. The van der Waals surface area contributed by atoms with Gasteiger partial charge in [0.1, 0.15) is 10.5 Å². The first-order valence-corrected chi connectivity index (χ1v) is 12.8. The first-order valence-electron chi connectivity index (χ1n) is 11.9. The zero-order chi connectivity index (χ0) is 24.2. The predicted molar refractivity (Wildman–Crippen MR) is 138 cm³/mol. The third-order valence-electron chi connectivity index (χ3n) is 6.41. The van der Waals surface area contributed by atoms with Gasteiger partial charge in [-0.25, -0.2) is 13.9 Å². The largest absolute Gasteiger partial charge is 0.356 e. The average molecular weight is 491 g/mol. The quantitative estimate of drug-likeness (QED) is 0.386. The number of hydrogen-bond donors (Lipinski definition) is 1. The molecule has 180 valence electrons. The third kappa shape index (κ3) is 5.12. The van der Waals surface area contributed by atoms with Gasteiger partial charge in [0.15, 0.2) is 0 Å². The Morgan fingerprint density at radius 3 is 2.71 bits per heavy atom. The maximum Gasteiger partial charge on any atom is 0.277 e. The van der Waals surface area contributed by atoms with Crippen LogP contribution in [0.5, 0.6) is 0 Å². The molecular formula is C27H27FN4O2S. The monoisotopic (exact) mass is 490 g/mol. The standard InChI is InChI=1S/C27H27FN4O2S/c28-21-10-12-22(13-11-21)32-26(34)24-23(14-17-35-24)30-27(32)31-16-5-9-20(18-31)25(33)29-15-4-8-19-6-2-1-3-7-19/h1-3,6-7,10-14,17,20H,4-5,8-9,15-16,18H2,(H,29,33). The Morgan fingerprint density at radius 1 is 1.11 bits per heavy atom. The highest BCUT2D eigenvalue weighted by Crippen LogP contribution is 2.26. The molecule has 1 saturated heterocycles. The number of piperidine rings is 1. The van der Waals surface area contributed by atoms with Gasteiger partial charge in [-0.3, -0.25) is 9.59 Å². The maximum absolute atomic E-state index is 13.6. The van der Waals surface area contributed by atoms with E-state index in [2.05, 4.69) is 17.4 Å². The van der Waals surface area contributed by atoms with Crippen molar-refractivity contribution < 1.29 is 9.18 Å². The number of thiophene rings is 1. The molecule has 0 radical (unpaired) electrons. The van der Waals surface area contributed by atoms with Gasteiger partial charge in [-0.15, -0.1) is 11.3 Å². The fraction of sp³-hybridized carbons (Fsp3) is 0.296. The van der Waals surface area contributed by atoms with E-state index in [0.29, 0.717) is 41.5 Å². The fourth-order valence-electron chi connectivity index (χ4n) is 4.60. The van der Waals surface area contributed by atoms with Crippen LogP contribution in [-0.2, 0) is 11.2 Å². The highest BCUT2D eigenvalue weighted by Gasteiger charge is 2.29. The van der Waals surface area contributed by atoms with Crippen LogP contribution < -0.4 is 15.8 Å². The molecule has 0 bridgehead atoms. The van der Waals surface area contributed by atoms with Crippen LogP contribution in [0.4, 0.5) is 10.3 Å². The molecule has 0 aliphatic carbocycles. The van der Waals surface area contributed by atoms with Crippen molar-refractivity contribution >= 4 is 33.4 Å². The van der Waals surface area contributed by atoms with Gasteiger partial charge in [-0.2, -0.15) is 0 Å². The average Bonchev–Trinajstić information content (AvgIpc) is 3.37. The predicted octanol–water partition coefficient (Wildman–Crippen LogP) is 4.55. The van der Waals surface area contributed by atoms with Crippen molar-refractivity contribution in [3.63, 3.8) is 0 Å². The summed E-state index contributed by atoms with van der Waals surface area (Å²) >= 11 is 1.34. The van der Waals surface area contributed by atoms with Gasteiger partial charge < -0.3 is 10.2 Å². The molecule has 1 aliphatic heterocycles. The number of nitrogens with zero attached hydrogens (tertiary/aromatic N) is 3. The van der Waals surface area contributed by atoms with Crippen LogP contribution in [0.2, 0.25) is 0 Å². The van der Waals surface area contributed by atoms with Crippen molar-refractivity contribution in [2.24, 2.45) is 5.92 Å². The summed E-state index contributed by atoms with van der Waals surface area (Å²) in [6.45, 7) is 1.80. The summed E-state index contributed by atoms with van der Waals surface area (Å²) in [5.74, 6) is -0.0168. The van der Waals surface area contributed by atoms with Crippen molar-refractivity contribution in [1.29, 1.82) is 0 Å². The molecule has 1 amide bonds. The molecular weight excluding hydrogens is 463 g/mol. The normalized spacial score (nSPS) is 15.9. The van der Waals surface area contributed by atoms with Gasteiger partial charge in [0.25, 0.3) is 5.56 Å². The number of fused-ring (bicyclic) bond motifs is 1. The van der Waals surface area contributed by atoms with Gasteiger partial charge >= 0.3 is 0 Å². The molecule has 2 aromatic carbocycles. The third-order valence-corrected chi connectivity index (χ3v) is 7.30. The van der Waals surface area contributed by atoms with Gasteiger partial charge in [-0.1, -0.05) is 30.3 Å². The summed E-state index contributed by atoms with van der Waals surface area (Å²) in [7, 11) is 0. The molecule has 3 heterocycles. The van der Waals surface area contributed by atoms with Crippen LogP contribution in [0.25, 0.3) is 15.9 Å². The first kappa shape index (κ1) is 23.2. The van der Waals surface area contributed by atoms with E-state index in [1.54, 1.807) is 16.7 Å². The number of halogens is 1. The lowest BCUT2D eigenvalue weighted by atomic mass is 9.97. The molecule has 4 aromatic rings. The Kier molecular flexibility index (Phi) is 6.90. The Labute approximate surface area is 207 Å². The van der Waals surface area contributed by atoms with E-state index in [0.717, 1.165) is 25.7 Å². The molecule has 6 nitrogen and oxygen atoms in total. The summed E-state index contributed by atoms with van der Waals surface area (Å²) in [5, 5.41) is 4.94. The number of amides is 1. The van der Waals surface area contributed by atoms with Crippen LogP contribution in [0, 0.1) is 11.7 Å².